The molecule has 1 aliphatic heterocycles. The Hall–Kier alpha value is -4.37. The van der Waals surface area contributed by atoms with Gasteiger partial charge in [-0.3, -0.25) is 14.5 Å². The molecule has 0 spiro atoms. The van der Waals surface area contributed by atoms with E-state index in [0.717, 1.165) is 11.1 Å². The molecule has 0 aliphatic carbocycles. The lowest BCUT2D eigenvalue weighted by Crippen LogP contribution is -2.29. The third-order valence-electron chi connectivity index (χ3n) is 6.32. The van der Waals surface area contributed by atoms with Crippen molar-refractivity contribution < 1.29 is 28.9 Å². The van der Waals surface area contributed by atoms with Crippen molar-refractivity contribution in [3.05, 3.63) is 83.4 Å². The minimum absolute atomic E-state index is 0.0206. The molecular formula is C30H28N2O6S. The molecule has 0 bridgehead atoms. The first-order valence-corrected chi connectivity index (χ1v) is 13.5. The van der Waals surface area contributed by atoms with Crippen LogP contribution in [0.5, 0.6) is 17.2 Å². The summed E-state index contributed by atoms with van der Waals surface area (Å²) in [5.41, 5.74) is 1.66. The van der Waals surface area contributed by atoms with Crippen molar-refractivity contribution in [3.63, 3.8) is 0 Å². The second-order valence-electron chi connectivity index (χ2n) is 8.88. The third-order valence-corrected chi connectivity index (χ3v) is 7.34. The molecule has 9 heteroatoms. The molecule has 8 nitrogen and oxygen atoms in total. The molecule has 1 saturated heterocycles. The van der Waals surface area contributed by atoms with Crippen molar-refractivity contribution in [2.45, 2.75) is 26.3 Å². The average Bonchev–Trinajstić information content (AvgIpc) is 3.49. The summed E-state index contributed by atoms with van der Waals surface area (Å²) in [6, 6.07) is 18.5. The molecule has 1 atom stereocenters. The van der Waals surface area contributed by atoms with E-state index in [4.69, 9.17) is 14.2 Å². The van der Waals surface area contributed by atoms with Crippen LogP contribution in [-0.4, -0.2) is 42.1 Å². The van der Waals surface area contributed by atoms with Crippen LogP contribution in [-0.2, 0) is 9.59 Å². The van der Waals surface area contributed by atoms with E-state index in [2.05, 4.69) is 4.98 Å². The number of aliphatic hydroxyl groups is 1. The Labute approximate surface area is 230 Å². The highest BCUT2D eigenvalue weighted by molar-refractivity contribution is 7.22. The number of fused-ring (bicyclic) bond motifs is 1. The van der Waals surface area contributed by atoms with E-state index in [0.29, 0.717) is 52.2 Å². The summed E-state index contributed by atoms with van der Waals surface area (Å²) in [6.45, 7) is 4.90. The fourth-order valence-electron chi connectivity index (χ4n) is 4.49. The largest absolute Gasteiger partial charge is 0.507 e. The van der Waals surface area contributed by atoms with Gasteiger partial charge in [-0.2, -0.15) is 0 Å². The minimum Gasteiger partial charge on any atom is -0.507 e. The van der Waals surface area contributed by atoms with Crippen LogP contribution in [0, 0.1) is 0 Å². The summed E-state index contributed by atoms with van der Waals surface area (Å²) in [6.07, 6.45) is 0.866. The second kappa shape index (κ2) is 11.2. The number of ketones is 1. The predicted octanol–water partition coefficient (Wildman–Crippen LogP) is 6.12. The Morgan fingerprint density at radius 3 is 2.46 bits per heavy atom. The Morgan fingerprint density at radius 2 is 1.74 bits per heavy atom. The number of amides is 1. The molecule has 1 amide bonds. The summed E-state index contributed by atoms with van der Waals surface area (Å²) in [4.78, 5) is 33.1. The van der Waals surface area contributed by atoms with E-state index in [1.165, 1.54) is 16.2 Å². The fourth-order valence-corrected chi connectivity index (χ4v) is 5.51. The van der Waals surface area contributed by atoms with E-state index in [1.54, 1.807) is 67.8 Å². The molecule has 1 aliphatic rings. The minimum atomic E-state index is -0.900. The number of thiazole rings is 1. The molecule has 1 aromatic heterocycles. The number of ether oxygens (including phenoxy) is 3. The zero-order valence-electron chi connectivity index (χ0n) is 21.8. The van der Waals surface area contributed by atoms with Crippen molar-refractivity contribution in [3.8, 4) is 17.2 Å². The van der Waals surface area contributed by atoms with Crippen LogP contribution in [0.25, 0.3) is 16.0 Å². The number of hydrogen-bond acceptors (Lipinski definition) is 8. The van der Waals surface area contributed by atoms with Crippen LogP contribution >= 0.6 is 11.3 Å². The van der Waals surface area contributed by atoms with Gasteiger partial charge in [-0.15, -0.1) is 0 Å². The molecule has 200 valence electrons. The van der Waals surface area contributed by atoms with E-state index >= 15 is 0 Å². The van der Waals surface area contributed by atoms with Gasteiger partial charge >= 0.3 is 5.91 Å². The van der Waals surface area contributed by atoms with Gasteiger partial charge in [0.15, 0.2) is 5.13 Å². The Kier molecular flexibility index (Phi) is 7.51. The van der Waals surface area contributed by atoms with Gasteiger partial charge in [0.2, 0.25) is 0 Å². The summed E-state index contributed by atoms with van der Waals surface area (Å²) in [5, 5.41) is 11.8. The van der Waals surface area contributed by atoms with Crippen molar-refractivity contribution >= 4 is 44.1 Å². The number of aliphatic hydroxyl groups excluding tert-OH is 1. The first-order chi connectivity index (χ1) is 18.9. The highest BCUT2D eigenvalue weighted by Crippen LogP contribution is 2.45. The van der Waals surface area contributed by atoms with Crippen LogP contribution in [0.15, 0.2) is 72.3 Å². The van der Waals surface area contributed by atoms with Crippen LogP contribution in [0.4, 0.5) is 5.13 Å². The van der Waals surface area contributed by atoms with Gasteiger partial charge in [-0.25, -0.2) is 4.98 Å². The lowest BCUT2D eigenvalue weighted by Gasteiger charge is -2.23. The number of hydrogen-bond donors (Lipinski definition) is 1. The van der Waals surface area contributed by atoms with Gasteiger partial charge in [-0.1, -0.05) is 42.5 Å². The van der Waals surface area contributed by atoms with E-state index < -0.39 is 17.7 Å². The van der Waals surface area contributed by atoms with Gasteiger partial charge in [-0.05, 0) is 61.4 Å². The van der Waals surface area contributed by atoms with Crippen molar-refractivity contribution in [2.24, 2.45) is 0 Å². The Morgan fingerprint density at radius 1 is 0.974 bits per heavy atom. The average molecular weight is 545 g/mol. The first kappa shape index (κ1) is 26.2. The predicted molar refractivity (Wildman–Crippen MR) is 151 cm³/mol. The number of methoxy groups -OCH3 is 1. The Balaban J connectivity index is 1.66. The van der Waals surface area contributed by atoms with Crippen LogP contribution in [0.1, 0.15) is 37.4 Å². The molecule has 1 N–H and O–H groups in total. The topological polar surface area (TPSA) is 98.2 Å². The van der Waals surface area contributed by atoms with Crippen LogP contribution < -0.4 is 19.1 Å². The quantitative estimate of drug-likeness (QED) is 0.154. The van der Waals surface area contributed by atoms with Gasteiger partial charge in [0, 0.05) is 5.56 Å². The molecule has 5 rings (SSSR count). The highest BCUT2D eigenvalue weighted by atomic mass is 32.1. The van der Waals surface area contributed by atoms with Crippen LogP contribution in [0.3, 0.4) is 0 Å². The summed E-state index contributed by atoms with van der Waals surface area (Å²) >= 11 is 1.27. The lowest BCUT2D eigenvalue weighted by atomic mass is 9.95. The SMILES string of the molecule is CCCOc1ccc(C2C(=C(O)c3cccc(OCC)c3)C(=O)C(=O)N2c2nc3ccc(OC)cc3s2)cc1. The number of carbonyl (C=O) groups excluding carboxylic acids is 2. The summed E-state index contributed by atoms with van der Waals surface area (Å²) in [5.74, 6) is 0.0471. The number of carbonyl (C=O) groups is 2. The maximum atomic E-state index is 13.5. The van der Waals surface area contributed by atoms with E-state index in [1.807, 2.05) is 19.9 Å². The standard InChI is InChI=1S/C30H28N2O6S/c1-4-15-38-20-11-9-18(10-12-20)26-25(27(33)19-7-6-8-22(16-19)37-5-2)28(34)29(35)32(26)30-31-23-14-13-21(36-3)17-24(23)39-30/h6-14,16-17,26,33H,4-5,15H2,1-3H3. The molecule has 0 saturated carbocycles. The molecule has 3 aromatic carbocycles. The van der Waals surface area contributed by atoms with Crippen molar-refractivity contribution in [1.29, 1.82) is 0 Å². The zero-order valence-corrected chi connectivity index (χ0v) is 22.7. The normalized spacial score (nSPS) is 16.6. The summed E-state index contributed by atoms with van der Waals surface area (Å²) < 4.78 is 17.4. The number of nitrogens with zero attached hydrogens (tertiary/aromatic N) is 2. The lowest BCUT2D eigenvalue weighted by molar-refractivity contribution is -0.132. The summed E-state index contributed by atoms with van der Waals surface area (Å²) in [7, 11) is 1.58. The van der Waals surface area contributed by atoms with Crippen LogP contribution in [0.2, 0.25) is 0 Å². The maximum absolute atomic E-state index is 13.5. The number of Topliss-reactive ketones (excluding diaryl/α,β-unsaturated/α-hetero) is 1. The Bertz CT molecular complexity index is 1560. The number of rotatable bonds is 9. The van der Waals surface area contributed by atoms with Crippen molar-refractivity contribution in [2.75, 3.05) is 25.2 Å². The molecular weight excluding hydrogens is 516 g/mol. The van der Waals surface area contributed by atoms with Crippen molar-refractivity contribution in [1.82, 2.24) is 4.98 Å². The molecule has 39 heavy (non-hydrogen) atoms. The fraction of sp³-hybridized carbons (Fsp3) is 0.233. The van der Waals surface area contributed by atoms with Gasteiger partial charge in [0.1, 0.15) is 23.0 Å². The number of benzene rings is 3. The van der Waals surface area contributed by atoms with E-state index in [-0.39, 0.29) is 11.3 Å². The molecule has 1 fully saturated rings. The first-order valence-electron chi connectivity index (χ1n) is 12.7. The highest BCUT2D eigenvalue weighted by Gasteiger charge is 2.48. The molecule has 4 aromatic rings. The molecule has 1 unspecified atom stereocenters. The van der Waals surface area contributed by atoms with Gasteiger partial charge < -0.3 is 19.3 Å². The maximum Gasteiger partial charge on any atom is 0.301 e. The van der Waals surface area contributed by atoms with Gasteiger partial charge in [0.25, 0.3) is 5.78 Å². The van der Waals surface area contributed by atoms with E-state index in [9.17, 15) is 14.7 Å². The molecule has 0 radical (unpaired) electrons. The number of aromatic nitrogens is 1. The smallest absolute Gasteiger partial charge is 0.301 e. The third kappa shape index (κ3) is 5.05. The monoisotopic (exact) mass is 544 g/mol. The second-order valence-corrected chi connectivity index (χ2v) is 9.89. The molecule has 2 heterocycles. The zero-order chi connectivity index (χ0) is 27.5. The number of anilines is 1. The van der Waals surface area contributed by atoms with Gasteiger partial charge in [0.05, 0.1) is 42.2 Å².